The van der Waals surface area contributed by atoms with Crippen molar-refractivity contribution in [1.82, 2.24) is 24.3 Å². The molecule has 0 radical (unpaired) electrons. The number of aliphatic hydroxyl groups is 2. The van der Waals surface area contributed by atoms with E-state index in [9.17, 15) is 15.0 Å². The first-order valence-corrected chi connectivity index (χ1v) is 10.8. The average Bonchev–Trinajstić information content (AvgIpc) is 3.11. The van der Waals surface area contributed by atoms with Gasteiger partial charge in [0.15, 0.2) is 11.5 Å². The molecule has 0 aliphatic carbocycles. The van der Waals surface area contributed by atoms with Crippen molar-refractivity contribution in [2.45, 2.75) is 32.5 Å². The number of pyridine rings is 1. The van der Waals surface area contributed by atoms with Gasteiger partial charge in [0.2, 0.25) is 5.95 Å². The molecule has 4 N–H and O–H groups in total. The highest BCUT2D eigenvalue weighted by atomic mass is 16.3. The van der Waals surface area contributed by atoms with Gasteiger partial charge in [-0.3, -0.25) is 4.79 Å². The van der Waals surface area contributed by atoms with Gasteiger partial charge in [-0.05, 0) is 44.2 Å². The molecule has 0 saturated carbocycles. The molecule has 4 aromatic rings. The molecule has 176 valence electrons. The van der Waals surface area contributed by atoms with Gasteiger partial charge < -0.3 is 20.8 Å². The maximum absolute atomic E-state index is 13.0. The minimum Gasteiger partial charge on any atom is -0.394 e. The molecule has 0 spiro atoms. The molecule has 34 heavy (non-hydrogen) atoms. The molecule has 4 rings (SSSR count). The third kappa shape index (κ3) is 4.54. The first-order valence-electron chi connectivity index (χ1n) is 10.8. The minimum absolute atomic E-state index is 0.0603. The molecule has 0 amide bonds. The van der Waals surface area contributed by atoms with Crippen molar-refractivity contribution in [3.63, 3.8) is 0 Å². The van der Waals surface area contributed by atoms with Crippen LogP contribution in [0.1, 0.15) is 19.4 Å². The summed E-state index contributed by atoms with van der Waals surface area (Å²) in [5, 5.41) is 26.1. The van der Waals surface area contributed by atoms with Gasteiger partial charge in [-0.15, -0.1) is 6.58 Å². The van der Waals surface area contributed by atoms with E-state index < -0.39 is 5.54 Å². The Balaban J connectivity index is 1.74. The first kappa shape index (κ1) is 23.1. The molecule has 0 atom stereocenters. The molecule has 0 saturated heterocycles. The second-order valence-corrected chi connectivity index (χ2v) is 8.43. The molecule has 10 heteroatoms. The highest BCUT2D eigenvalue weighted by Gasteiger charge is 2.19. The van der Waals surface area contributed by atoms with Gasteiger partial charge in [0.25, 0.3) is 5.56 Å². The third-order valence-corrected chi connectivity index (χ3v) is 5.24. The maximum atomic E-state index is 13.0. The van der Waals surface area contributed by atoms with Crippen molar-refractivity contribution in [3.05, 3.63) is 77.4 Å². The number of nitrogens with one attached hydrogen (secondary N) is 2. The fraction of sp³-hybridized carbons (Fsp3) is 0.250. The Morgan fingerprint density at radius 3 is 2.68 bits per heavy atom. The van der Waals surface area contributed by atoms with Gasteiger partial charge in [0.05, 0.1) is 25.3 Å². The Kier molecular flexibility index (Phi) is 6.44. The number of hydrogen-bond donors (Lipinski definition) is 4. The number of anilines is 3. The van der Waals surface area contributed by atoms with Crippen LogP contribution in [0.4, 0.5) is 17.3 Å². The largest absolute Gasteiger partial charge is 0.394 e. The number of rotatable bonds is 9. The van der Waals surface area contributed by atoms with Gasteiger partial charge in [-0.25, -0.2) is 19.3 Å². The number of aromatic nitrogens is 5. The molecule has 0 aliphatic rings. The number of aliphatic hydroxyl groups excluding tert-OH is 2. The highest BCUT2D eigenvalue weighted by Crippen LogP contribution is 2.25. The highest BCUT2D eigenvalue weighted by molar-refractivity contribution is 5.77. The van der Waals surface area contributed by atoms with Crippen molar-refractivity contribution in [3.8, 4) is 5.82 Å². The Labute approximate surface area is 196 Å². The summed E-state index contributed by atoms with van der Waals surface area (Å²) < 4.78 is 3.15. The lowest BCUT2D eigenvalue weighted by Crippen LogP contribution is -2.35. The van der Waals surface area contributed by atoms with Crippen LogP contribution in [0.5, 0.6) is 0 Å². The van der Waals surface area contributed by atoms with Crippen LogP contribution in [0.3, 0.4) is 0 Å². The van der Waals surface area contributed by atoms with Gasteiger partial charge in [-0.2, -0.15) is 4.98 Å². The number of allylic oxidation sites excluding steroid dienone is 1. The summed E-state index contributed by atoms with van der Waals surface area (Å²) in [6.45, 7) is 7.51. The van der Waals surface area contributed by atoms with E-state index in [1.54, 1.807) is 35.2 Å². The van der Waals surface area contributed by atoms with E-state index in [2.05, 4.69) is 32.2 Å². The van der Waals surface area contributed by atoms with E-state index in [1.165, 1.54) is 10.9 Å². The molecular formula is C24H27N7O3. The van der Waals surface area contributed by atoms with Crippen molar-refractivity contribution >= 4 is 28.4 Å². The summed E-state index contributed by atoms with van der Waals surface area (Å²) in [7, 11) is 0. The predicted octanol–water partition coefficient (Wildman–Crippen LogP) is 2.58. The summed E-state index contributed by atoms with van der Waals surface area (Å²) >= 11 is 0. The summed E-state index contributed by atoms with van der Waals surface area (Å²) in [4.78, 5) is 26.2. The van der Waals surface area contributed by atoms with Crippen LogP contribution in [0.25, 0.3) is 16.9 Å². The smallest absolute Gasteiger partial charge is 0.278 e. The minimum atomic E-state index is -0.541. The van der Waals surface area contributed by atoms with Gasteiger partial charge >= 0.3 is 0 Å². The van der Waals surface area contributed by atoms with Crippen molar-refractivity contribution in [1.29, 1.82) is 0 Å². The van der Waals surface area contributed by atoms with Crippen LogP contribution in [0, 0.1) is 0 Å². The molecule has 0 unspecified atom stereocenters. The van der Waals surface area contributed by atoms with Gasteiger partial charge in [0, 0.05) is 29.3 Å². The van der Waals surface area contributed by atoms with Crippen molar-refractivity contribution < 1.29 is 10.2 Å². The van der Waals surface area contributed by atoms with Gasteiger partial charge in [-0.1, -0.05) is 12.1 Å². The van der Waals surface area contributed by atoms with Crippen LogP contribution in [-0.4, -0.2) is 46.7 Å². The number of benzene rings is 1. The second-order valence-electron chi connectivity index (χ2n) is 8.43. The van der Waals surface area contributed by atoms with Crippen LogP contribution in [-0.2, 0) is 13.2 Å². The van der Waals surface area contributed by atoms with Gasteiger partial charge in [0.1, 0.15) is 5.39 Å². The fourth-order valence-electron chi connectivity index (χ4n) is 3.55. The standard InChI is InChI=1S/C24H27N7O3/c1-4-11-30-22(34)18-13-26-23(28-21(18)31(30)20-7-5-6-10-25-20)27-17-8-9-19(16(12-17)14-32)29-24(2,3)15-33/h4-10,12-13,29,32-33H,1,11,14-15H2,2-3H3,(H,26,27,28). The van der Waals surface area contributed by atoms with E-state index in [1.807, 2.05) is 32.0 Å². The second kappa shape index (κ2) is 9.46. The van der Waals surface area contributed by atoms with E-state index >= 15 is 0 Å². The van der Waals surface area contributed by atoms with E-state index in [4.69, 9.17) is 0 Å². The summed E-state index contributed by atoms with van der Waals surface area (Å²) in [5.41, 5.74) is 1.66. The zero-order chi connectivity index (χ0) is 24.3. The number of nitrogens with zero attached hydrogens (tertiary/aromatic N) is 5. The van der Waals surface area contributed by atoms with Crippen LogP contribution >= 0.6 is 0 Å². The Morgan fingerprint density at radius 2 is 2.00 bits per heavy atom. The fourth-order valence-corrected chi connectivity index (χ4v) is 3.55. The zero-order valence-electron chi connectivity index (χ0n) is 19.1. The number of hydrogen-bond acceptors (Lipinski definition) is 8. The van der Waals surface area contributed by atoms with Crippen molar-refractivity contribution in [2.75, 3.05) is 17.2 Å². The summed E-state index contributed by atoms with van der Waals surface area (Å²) in [6.07, 6.45) is 4.77. The molecule has 1 aromatic carbocycles. The normalized spacial score (nSPS) is 11.5. The average molecular weight is 462 g/mol. The molecule has 3 aromatic heterocycles. The molecule has 0 fully saturated rings. The monoisotopic (exact) mass is 461 g/mol. The lowest BCUT2D eigenvalue weighted by Gasteiger charge is -2.26. The Bertz CT molecular complexity index is 1380. The summed E-state index contributed by atoms with van der Waals surface area (Å²) in [5.74, 6) is 0.832. The summed E-state index contributed by atoms with van der Waals surface area (Å²) in [6, 6.07) is 10.8. The Morgan fingerprint density at radius 1 is 1.18 bits per heavy atom. The van der Waals surface area contributed by atoms with Crippen LogP contribution in [0.15, 0.2) is 66.2 Å². The van der Waals surface area contributed by atoms with Crippen LogP contribution < -0.4 is 16.2 Å². The zero-order valence-corrected chi connectivity index (χ0v) is 19.1. The topological polar surface area (TPSA) is 130 Å². The molecule has 3 heterocycles. The lowest BCUT2D eigenvalue weighted by molar-refractivity contribution is 0.233. The number of fused-ring (bicyclic) bond motifs is 1. The molecule has 10 nitrogen and oxygen atoms in total. The molecular weight excluding hydrogens is 434 g/mol. The maximum Gasteiger partial charge on any atom is 0.278 e. The van der Waals surface area contributed by atoms with Crippen LogP contribution in [0.2, 0.25) is 0 Å². The SMILES string of the molecule is C=CCn1c(=O)c2cnc(Nc3ccc(NC(C)(C)CO)c(CO)c3)nc2n1-c1ccccn1. The Hall–Kier alpha value is -4.02. The quantitative estimate of drug-likeness (QED) is 0.280. The van der Waals surface area contributed by atoms with E-state index in [0.717, 1.165) is 0 Å². The van der Waals surface area contributed by atoms with Crippen molar-refractivity contribution in [2.24, 2.45) is 0 Å². The third-order valence-electron chi connectivity index (χ3n) is 5.24. The van der Waals surface area contributed by atoms with E-state index in [0.29, 0.717) is 33.8 Å². The first-order chi connectivity index (χ1) is 16.4. The molecule has 0 bridgehead atoms. The lowest BCUT2D eigenvalue weighted by atomic mass is 10.0. The predicted molar refractivity (Wildman–Crippen MR) is 132 cm³/mol. The molecule has 0 aliphatic heterocycles. The van der Waals surface area contributed by atoms with E-state index in [-0.39, 0.29) is 31.3 Å².